The molecule has 0 aromatic carbocycles. The van der Waals surface area contributed by atoms with E-state index in [1.165, 1.54) is 10.8 Å². The van der Waals surface area contributed by atoms with E-state index in [0.29, 0.717) is 31.7 Å². The molecule has 2 heterocycles. The molecule has 0 radical (unpaired) electrons. The van der Waals surface area contributed by atoms with E-state index in [-0.39, 0.29) is 5.69 Å². The standard InChI is InChI=1S/C17H15F4N5O/c18-11-8-24-26(10-11)16(4-2-1-3-5-16)15(27)25-12-6-13(17(19,20)21)14(7-22)23-9-12/h6,8-10H,1-5H2,(H,25,27). The highest BCUT2D eigenvalue weighted by Crippen LogP contribution is 2.37. The number of aromatic nitrogens is 3. The molecule has 10 heteroatoms. The van der Waals surface area contributed by atoms with E-state index in [0.717, 1.165) is 25.0 Å². The first-order valence-corrected chi connectivity index (χ1v) is 8.26. The number of anilines is 1. The zero-order chi connectivity index (χ0) is 19.7. The van der Waals surface area contributed by atoms with Crippen LogP contribution in [0.4, 0.5) is 23.2 Å². The summed E-state index contributed by atoms with van der Waals surface area (Å²) in [6.45, 7) is 0. The van der Waals surface area contributed by atoms with Gasteiger partial charge in [0.05, 0.1) is 29.8 Å². The molecule has 1 aliphatic rings. The Balaban J connectivity index is 1.94. The van der Waals surface area contributed by atoms with Crippen molar-refractivity contribution < 1.29 is 22.4 Å². The molecule has 0 atom stereocenters. The molecule has 0 unspecified atom stereocenters. The number of carbonyl (C=O) groups excluding carboxylic acids is 1. The second-order valence-electron chi connectivity index (χ2n) is 6.38. The molecule has 142 valence electrons. The molecule has 1 amide bonds. The van der Waals surface area contributed by atoms with E-state index in [9.17, 15) is 22.4 Å². The van der Waals surface area contributed by atoms with Crippen LogP contribution in [0.2, 0.25) is 0 Å². The fourth-order valence-electron chi connectivity index (χ4n) is 3.32. The van der Waals surface area contributed by atoms with Gasteiger partial charge in [-0.05, 0) is 18.9 Å². The summed E-state index contributed by atoms with van der Waals surface area (Å²) < 4.78 is 53.9. The molecule has 3 rings (SSSR count). The Labute approximate surface area is 151 Å². The van der Waals surface area contributed by atoms with E-state index in [1.807, 2.05) is 0 Å². The molecular weight excluding hydrogens is 366 g/mol. The quantitative estimate of drug-likeness (QED) is 0.824. The highest BCUT2D eigenvalue weighted by molar-refractivity contribution is 5.96. The van der Waals surface area contributed by atoms with Crippen LogP contribution in [0.3, 0.4) is 0 Å². The minimum atomic E-state index is -4.79. The van der Waals surface area contributed by atoms with Gasteiger partial charge in [0.1, 0.15) is 11.6 Å². The minimum absolute atomic E-state index is 0.191. The van der Waals surface area contributed by atoms with Crippen molar-refractivity contribution in [3.8, 4) is 6.07 Å². The lowest BCUT2D eigenvalue weighted by Gasteiger charge is -2.36. The molecule has 0 saturated heterocycles. The Morgan fingerprint density at radius 2 is 1.96 bits per heavy atom. The van der Waals surface area contributed by atoms with E-state index < -0.39 is 34.7 Å². The van der Waals surface area contributed by atoms with Crippen LogP contribution in [0.1, 0.15) is 43.4 Å². The number of nitrogens with zero attached hydrogens (tertiary/aromatic N) is 4. The van der Waals surface area contributed by atoms with E-state index in [4.69, 9.17) is 5.26 Å². The third-order valence-electron chi connectivity index (χ3n) is 4.65. The monoisotopic (exact) mass is 381 g/mol. The van der Waals surface area contributed by atoms with Crippen LogP contribution in [0, 0.1) is 17.1 Å². The molecule has 2 aromatic heterocycles. The number of nitrogens with one attached hydrogen (secondary N) is 1. The maximum atomic E-state index is 13.4. The summed E-state index contributed by atoms with van der Waals surface area (Å²) in [5, 5.41) is 15.1. The van der Waals surface area contributed by atoms with Crippen molar-refractivity contribution in [3.63, 3.8) is 0 Å². The first kappa shape index (κ1) is 18.8. The molecular formula is C17H15F4N5O. The lowest BCUT2D eigenvalue weighted by molar-refractivity contribution is -0.138. The van der Waals surface area contributed by atoms with Crippen molar-refractivity contribution in [3.05, 3.63) is 41.7 Å². The molecule has 1 fully saturated rings. The van der Waals surface area contributed by atoms with Gasteiger partial charge in [-0.1, -0.05) is 19.3 Å². The maximum absolute atomic E-state index is 13.4. The molecule has 0 aliphatic heterocycles. The van der Waals surface area contributed by atoms with Crippen LogP contribution >= 0.6 is 0 Å². The number of pyridine rings is 1. The first-order valence-electron chi connectivity index (χ1n) is 8.26. The molecule has 0 bridgehead atoms. The van der Waals surface area contributed by atoms with Crippen LogP contribution in [-0.4, -0.2) is 20.7 Å². The fraction of sp³-hybridized carbons (Fsp3) is 0.412. The van der Waals surface area contributed by atoms with Gasteiger partial charge in [-0.3, -0.25) is 9.48 Å². The van der Waals surface area contributed by atoms with Gasteiger partial charge in [-0.15, -0.1) is 0 Å². The zero-order valence-electron chi connectivity index (χ0n) is 14.1. The number of alkyl halides is 3. The summed E-state index contributed by atoms with van der Waals surface area (Å²) in [5.74, 6) is -1.20. The number of hydrogen-bond acceptors (Lipinski definition) is 4. The van der Waals surface area contributed by atoms with Crippen molar-refractivity contribution in [1.82, 2.24) is 14.8 Å². The lowest BCUT2D eigenvalue weighted by Crippen LogP contribution is -2.47. The van der Waals surface area contributed by atoms with Crippen LogP contribution in [0.5, 0.6) is 0 Å². The number of hydrogen-bond donors (Lipinski definition) is 1. The van der Waals surface area contributed by atoms with Gasteiger partial charge in [0, 0.05) is 0 Å². The second kappa shape index (κ2) is 6.98. The number of rotatable bonds is 3. The number of nitriles is 1. The average molecular weight is 381 g/mol. The van der Waals surface area contributed by atoms with E-state index in [2.05, 4.69) is 15.4 Å². The van der Waals surface area contributed by atoms with Crippen molar-refractivity contribution in [2.75, 3.05) is 5.32 Å². The molecule has 1 aliphatic carbocycles. The summed E-state index contributed by atoms with van der Waals surface area (Å²) in [5.41, 5.74) is -3.38. The highest BCUT2D eigenvalue weighted by atomic mass is 19.4. The molecule has 1 N–H and O–H groups in total. The largest absolute Gasteiger partial charge is 0.419 e. The summed E-state index contributed by atoms with van der Waals surface area (Å²) in [4.78, 5) is 16.4. The van der Waals surface area contributed by atoms with Gasteiger partial charge in [-0.2, -0.15) is 23.5 Å². The van der Waals surface area contributed by atoms with E-state index >= 15 is 0 Å². The SMILES string of the molecule is N#Cc1ncc(NC(=O)C2(n3cc(F)cn3)CCCCC2)cc1C(F)(F)F. The minimum Gasteiger partial charge on any atom is -0.323 e. The Morgan fingerprint density at radius 3 is 2.52 bits per heavy atom. The summed E-state index contributed by atoms with van der Waals surface area (Å²) in [6.07, 6.45) is 1.36. The predicted octanol–water partition coefficient (Wildman–Crippen LogP) is 3.61. The van der Waals surface area contributed by atoms with Crippen molar-refractivity contribution in [2.45, 2.75) is 43.8 Å². The third kappa shape index (κ3) is 3.63. The molecule has 27 heavy (non-hydrogen) atoms. The average Bonchev–Trinajstić information content (AvgIpc) is 3.08. The smallest absolute Gasteiger partial charge is 0.323 e. The first-order chi connectivity index (χ1) is 12.8. The lowest BCUT2D eigenvalue weighted by atomic mass is 9.81. The Hall–Kier alpha value is -2.96. The molecule has 0 spiro atoms. The summed E-state index contributed by atoms with van der Waals surface area (Å²) >= 11 is 0. The van der Waals surface area contributed by atoms with Gasteiger partial charge in [0.15, 0.2) is 11.5 Å². The van der Waals surface area contributed by atoms with E-state index in [1.54, 1.807) is 0 Å². The second-order valence-corrected chi connectivity index (χ2v) is 6.38. The highest BCUT2D eigenvalue weighted by Gasteiger charge is 2.43. The van der Waals surface area contributed by atoms with Gasteiger partial charge >= 0.3 is 6.18 Å². The zero-order valence-corrected chi connectivity index (χ0v) is 14.1. The molecule has 1 saturated carbocycles. The van der Waals surface area contributed by atoms with Crippen LogP contribution < -0.4 is 5.32 Å². The summed E-state index contributed by atoms with van der Waals surface area (Å²) in [6, 6.07) is 2.05. The van der Waals surface area contributed by atoms with Gasteiger partial charge in [0.2, 0.25) is 0 Å². The number of halogens is 4. The van der Waals surface area contributed by atoms with Crippen LogP contribution in [0.25, 0.3) is 0 Å². The van der Waals surface area contributed by atoms with Crippen molar-refractivity contribution >= 4 is 11.6 Å². The topological polar surface area (TPSA) is 83.6 Å². The fourth-order valence-corrected chi connectivity index (χ4v) is 3.32. The van der Waals surface area contributed by atoms with Crippen molar-refractivity contribution in [2.24, 2.45) is 0 Å². The normalized spacial score (nSPS) is 16.6. The Morgan fingerprint density at radius 1 is 1.26 bits per heavy atom. The van der Waals surface area contributed by atoms with Gasteiger partial charge in [-0.25, -0.2) is 9.37 Å². The summed E-state index contributed by atoms with van der Waals surface area (Å²) in [7, 11) is 0. The third-order valence-corrected chi connectivity index (χ3v) is 4.65. The Bertz CT molecular complexity index is 893. The Kier molecular flexibility index (Phi) is 4.87. The number of amides is 1. The van der Waals surface area contributed by atoms with Crippen molar-refractivity contribution in [1.29, 1.82) is 5.26 Å². The van der Waals surface area contributed by atoms with Gasteiger partial charge in [0.25, 0.3) is 5.91 Å². The van der Waals surface area contributed by atoms with Gasteiger partial charge < -0.3 is 5.32 Å². The van der Waals surface area contributed by atoms with Crippen LogP contribution in [0.15, 0.2) is 24.7 Å². The maximum Gasteiger partial charge on any atom is 0.419 e. The number of carbonyl (C=O) groups is 1. The molecule has 6 nitrogen and oxygen atoms in total. The van der Waals surface area contributed by atoms with Crippen LogP contribution in [-0.2, 0) is 16.5 Å². The predicted molar refractivity (Wildman–Crippen MR) is 85.8 cm³/mol. The molecule has 2 aromatic rings.